The molecule has 0 amide bonds. The van der Waals surface area contributed by atoms with E-state index in [2.05, 4.69) is 84.9 Å². The van der Waals surface area contributed by atoms with Crippen LogP contribution in [0.15, 0.2) is 97.1 Å². The Kier molecular flexibility index (Phi) is 4.30. The van der Waals surface area contributed by atoms with Gasteiger partial charge < -0.3 is 0 Å². The van der Waals surface area contributed by atoms with Gasteiger partial charge in [0.2, 0.25) is 0 Å². The maximum Gasteiger partial charge on any atom is 0.0705 e. The fourth-order valence-electron chi connectivity index (χ4n) is 3.71. The van der Waals surface area contributed by atoms with Gasteiger partial charge in [-0.25, -0.2) is 0 Å². The Morgan fingerprint density at radius 1 is 0.536 bits per heavy atom. The second-order valence-corrected chi connectivity index (χ2v) is 7.04. The van der Waals surface area contributed by atoms with Gasteiger partial charge in [0.25, 0.3) is 0 Å². The molecule has 28 heavy (non-hydrogen) atoms. The van der Waals surface area contributed by atoms with E-state index in [1.54, 1.807) is 0 Å². The highest BCUT2D eigenvalue weighted by atomic mass is 14.7. The van der Waals surface area contributed by atoms with E-state index >= 15 is 0 Å². The van der Waals surface area contributed by atoms with Gasteiger partial charge in [-0.3, -0.25) is 9.97 Å². The molecule has 0 aliphatic rings. The van der Waals surface area contributed by atoms with Crippen molar-refractivity contribution >= 4 is 21.8 Å². The fraction of sp³-hybridized carbons (Fsp3) is 0.0769. The Morgan fingerprint density at radius 2 is 1.21 bits per heavy atom. The number of rotatable bonds is 4. The number of fused-ring (bicyclic) bond motifs is 2. The molecule has 134 valence electrons. The van der Waals surface area contributed by atoms with E-state index in [1.807, 2.05) is 12.1 Å². The van der Waals surface area contributed by atoms with Gasteiger partial charge in [-0.05, 0) is 42.7 Å². The second kappa shape index (κ2) is 7.24. The number of hydrogen-bond donors (Lipinski definition) is 0. The summed E-state index contributed by atoms with van der Waals surface area (Å²) in [6.07, 6.45) is 1.73. The standard InChI is InChI=1S/C26H20N2/c1-2-8-19(9-3-1)23-18-21-11-5-7-13-25(21)28-26(23)17-16-22-15-14-20-10-4-6-12-24(20)27-22/h1-15,18H,16-17H2. The third-order valence-electron chi connectivity index (χ3n) is 5.16. The summed E-state index contributed by atoms with van der Waals surface area (Å²) >= 11 is 0. The molecule has 0 atom stereocenters. The van der Waals surface area contributed by atoms with Crippen LogP contribution in [0.3, 0.4) is 0 Å². The zero-order valence-corrected chi connectivity index (χ0v) is 15.5. The molecule has 0 saturated heterocycles. The van der Waals surface area contributed by atoms with E-state index in [0.717, 1.165) is 35.3 Å². The van der Waals surface area contributed by atoms with Gasteiger partial charge in [0.15, 0.2) is 0 Å². The van der Waals surface area contributed by atoms with E-state index in [4.69, 9.17) is 9.97 Å². The molecule has 2 heterocycles. The van der Waals surface area contributed by atoms with Crippen molar-refractivity contribution in [2.45, 2.75) is 12.8 Å². The van der Waals surface area contributed by atoms with Crippen molar-refractivity contribution in [2.75, 3.05) is 0 Å². The van der Waals surface area contributed by atoms with Gasteiger partial charge in [-0.15, -0.1) is 0 Å². The van der Waals surface area contributed by atoms with E-state index in [0.29, 0.717) is 0 Å². The van der Waals surface area contributed by atoms with Crippen molar-refractivity contribution in [1.82, 2.24) is 9.97 Å². The van der Waals surface area contributed by atoms with Crippen LogP contribution < -0.4 is 0 Å². The number of hydrogen-bond acceptors (Lipinski definition) is 2. The van der Waals surface area contributed by atoms with Gasteiger partial charge in [0.1, 0.15) is 0 Å². The monoisotopic (exact) mass is 360 g/mol. The van der Waals surface area contributed by atoms with Crippen molar-refractivity contribution in [2.24, 2.45) is 0 Å². The molecular formula is C26H20N2. The van der Waals surface area contributed by atoms with Crippen LogP contribution in [-0.4, -0.2) is 9.97 Å². The molecule has 0 saturated carbocycles. The molecule has 3 aromatic carbocycles. The first-order valence-corrected chi connectivity index (χ1v) is 9.65. The van der Waals surface area contributed by atoms with Crippen LogP contribution in [0.2, 0.25) is 0 Å². The summed E-state index contributed by atoms with van der Waals surface area (Å²) in [6, 6.07) is 33.7. The van der Waals surface area contributed by atoms with E-state index in [-0.39, 0.29) is 0 Å². The van der Waals surface area contributed by atoms with Gasteiger partial charge in [-0.1, -0.05) is 72.8 Å². The molecule has 0 aliphatic heterocycles. The number of benzene rings is 3. The van der Waals surface area contributed by atoms with Crippen LogP contribution in [-0.2, 0) is 12.8 Å². The van der Waals surface area contributed by atoms with Crippen molar-refractivity contribution < 1.29 is 0 Å². The van der Waals surface area contributed by atoms with Crippen LogP contribution in [0.5, 0.6) is 0 Å². The zero-order valence-electron chi connectivity index (χ0n) is 15.5. The first-order valence-electron chi connectivity index (χ1n) is 9.65. The van der Waals surface area contributed by atoms with Gasteiger partial charge >= 0.3 is 0 Å². The molecule has 0 spiro atoms. The minimum absolute atomic E-state index is 0.862. The summed E-state index contributed by atoms with van der Waals surface area (Å²) in [5, 5.41) is 2.36. The Hall–Kier alpha value is -3.52. The molecule has 2 heteroatoms. The first-order chi connectivity index (χ1) is 13.9. The minimum atomic E-state index is 0.862. The van der Waals surface area contributed by atoms with Gasteiger partial charge in [0, 0.05) is 27.7 Å². The van der Waals surface area contributed by atoms with Crippen LogP contribution in [0.1, 0.15) is 11.4 Å². The lowest BCUT2D eigenvalue weighted by molar-refractivity contribution is 0.895. The highest BCUT2D eigenvalue weighted by molar-refractivity contribution is 5.85. The van der Waals surface area contributed by atoms with Crippen molar-refractivity contribution in [1.29, 1.82) is 0 Å². The highest BCUT2D eigenvalue weighted by Gasteiger charge is 2.10. The predicted octanol–water partition coefficient (Wildman–Crippen LogP) is 6.24. The molecule has 0 N–H and O–H groups in total. The topological polar surface area (TPSA) is 25.8 Å². The molecule has 0 unspecified atom stereocenters. The summed E-state index contributed by atoms with van der Waals surface area (Å²) in [5.41, 5.74) is 6.74. The average Bonchev–Trinajstić information content (AvgIpc) is 2.77. The molecule has 2 aromatic heterocycles. The number of aromatic nitrogens is 2. The van der Waals surface area contributed by atoms with Gasteiger partial charge in [0.05, 0.1) is 11.0 Å². The van der Waals surface area contributed by atoms with Gasteiger partial charge in [-0.2, -0.15) is 0 Å². The Bertz CT molecular complexity index is 1260. The number of pyridine rings is 2. The van der Waals surface area contributed by atoms with Crippen molar-refractivity contribution in [3.8, 4) is 11.1 Å². The van der Waals surface area contributed by atoms with Crippen LogP contribution in [0, 0.1) is 0 Å². The van der Waals surface area contributed by atoms with Crippen LogP contribution in [0.4, 0.5) is 0 Å². The number of aryl methyl sites for hydroxylation is 2. The maximum atomic E-state index is 5.00. The number of para-hydroxylation sites is 2. The SMILES string of the molecule is c1ccc(-c2cc3ccccc3nc2CCc2ccc3ccccc3n2)cc1. The molecule has 2 nitrogen and oxygen atoms in total. The number of nitrogens with zero attached hydrogens (tertiary/aromatic N) is 2. The lowest BCUT2D eigenvalue weighted by Crippen LogP contribution is -2.00. The van der Waals surface area contributed by atoms with E-state index in [1.165, 1.54) is 21.9 Å². The summed E-state index contributed by atoms with van der Waals surface area (Å²) in [6.45, 7) is 0. The quantitative estimate of drug-likeness (QED) is 0.379. The molecule has 0 aliphatic carbocycles. The Morgan fingerprint density at radius 3 is 2.04 bits per heavy atom. The summed E-state index contributed by atoms with van der Waals surface area (Å²) in [5.74, 6) is 0. The molecule has 0 radical (unpaired) electrons. The average molecular weight is 360 g/mol. The van der Waals surface area contributed by atoms with Crippen LogP contribution in [0.25, 0.3) is 32.9 Å². The third-order valence-corrected chi connectivity index (χ3v) is 5.16. The normalized spacial score (nSPS) is 11.1. The summed E-state index contributed by atoms with van der Waals surface area (Å²) in [4.78, 5) is 9.83. The molecule has 0 bridgehead atoms. The van der Waals surface area contributed by atoms with E-state index < -0.39 is 0 Å². The second-order valence-electron chi connectivity index (χ2n) is 7.04. The predicted molar refractivity (Wildman–Crippen MR) is 116 cm³/mol. The third kappa shape index (κ3) is 3.25. The smallest absolute Gasteiger partial charge is 0.0705 e. The highest BCUT2D eigenvalue weighted by Crippen LogP contribution is 2.27. The minimum Gasteiger partial charge on any atom is -0.253 e. The largest absolute Gasteiger partial charge is 0.253 e. The van der Waals surface area contributed by atoms with Crippen molar-refractivity contribution in [3.63, 3.8) is 0 Å². The molecule has 5 aromatic rings. The fourth-order valence-corrected chi connectivity index (χ4v) is 3.71. The zero-order chi connectivity index (χ0) is 18.8. The maximum absolute atomic E-state index is 5.00. The molecular weight excluding hydrogens is 340 g/mol. The van der Waals surface area contributed by atoms with E-state index in [9.17, 15) is 0 Å². The summed E-state index contributed by atoms with van der Waals surface area (Å²) in [7, 11) is 0. The first kappa shape index (κ1) is 16.6. The Balaban J connectivity index is 1.53. The lowest BCUT2D eigenvalue weighted by atomic mass is 9.98. The Labute approximate surface area is 164 Å². The van der Waals surface area contributed by atoms with Crippen molar-refractivity contribution in [3.05, 3.63) is 108 Å². The lowest BCUT2D eigenvalue weighted by Gasteiger charge is -2.11. The van der Waals surface area contributed by atoms with Crippen LogP contribution >= 0.6 is 0 Å². The molecule has 5 rings (SSSR count). The molecule has 0 fully saturated rings. The summed E-state index contributed by atoms with van der Waals surface area (Å²) < 4.78 is 0.